The van der Waals surface area contributed by atoms with Gasteiger partial charge in [0.05, 0.1) is 6.61 Å². The smallest absolute Gasteiger partial charge is 0.0606 e. The molecule has 4 heteroatoms. The predicted octanol–water partition coefficient (Wildman–Crippen LogP) is 3.45. The minimum absolute atomic E-state index is 0.178. The summed E-state index contributed by atoms with van der Waals surface area (Å²) in [4.78, 5) is 2.04. The molecule has 3 nitrogen and oxygen atoms in total. The van der Waals surface area contributed by atoms with E-state index in [9.17, 15) is 0 Å². The van der Waals surface area contributed by atoms with E-state index in [0.717, 1.165) is 17.1 Å². The topological polar surface area (TPSA) is 35.5 Å². The summed E-state index contributed by atoms with van der Waals surface area (Å²) in [7, 11) is 1.99. The lowest BCUT2D eigenvalue weighted by Gasteiger charge is -2.22. The van der Waals surface area contributed by atoms with Crippen molar-refractivity contribution in [2.24, 2.45) is 0 Å². The van der Waals surface area contributed by atoms with Crippen molar-refractivity contribution in [2.45, 2.75) is 38.5 Å². The molecule has 0 aliphatic rings. The first-order valence-electron chi connectivity index (χ1n) is 7.14. The Morgan fingerprint density at radius 2 is 1.85 bits per heavy atom. The van der Waals surface area contributed by atoms with Crippen molar-refractivity contribution in [3.63, 3.8) is 0 Å². The number of benzene rings is 1. The second kappa shape index (κ2) is 7.79. The summed E-state index contributed by atoms with van der Waals surface area (Å²) < 4.78 is 0.312. The maximum absolute atomic E-state index is 8.94. The molecule has 2 N–H and O–H groups in total. The molecule has 1 rings (SSSR count). The van der Waals surface area contributed by atoms with Crippen LogP contribution in [0.3, 0.4) is 0 Å². The third-order valence-corrected chi connectivity index (χ3v) is 4.46. The van der Waals surface area contributed by atoms with Gasteiger partial charge in [-0.2, -0.15) is 11.8 Å². The third-order valence-electron chi connectivity index (χ3n) is 2.92. The molecule has 20 heavy (non-hydrogen) atoms. The molecule has 1 atom stereocenters. The van der Waals surface area contributed by atoms with Gasteiger partial charge in [-0.3, -0.25) is 0 Å². The van der Waals surface area contributed by atoms with E-state index in [4.69, 9.17) is 5.11 Å². The average molecular weight is 296 g/mol. The van der Waals surface area contributed by atoms with Crippen LogP contribution < -0.4 is 10.2 Å². The summed E-state index contributed by atoms with van der Waals surface area (Å²) in [6.45, 7) is 9.79. The predicted molar refractivity (Wildman–Crippen MR) is 92.1 cm³/mol. The van der Waals surface area contributed by atoms with E-state index in [0.29, 0.717) is 17.3 Å². The van der Waals surface area contributed by atoms with E-state index < -0.39 is 0 Å². The molecule has 1 aromatic carbocycles. The van der Waals surface area contributed by atoms with Gasteiger partial charge in [-0.25, -0.2) is 0 Å². The molecule has 0 aromatic heterocycles. The summed E-state index contributed by atoms with van der Waals surface area (Å²) in [5.74, 6) is 1.09. The normalized spacial score (nSPS) is 13.1. The second-order valence-corrected chi connectivity index (χ2v) is 8.01. The van der Waals surface area contributed by atoms with Gasteiger partial charge >= 0.3 is 0 Å². The van der Waals surface area contributed by atoms with Gasteiger partial charge in [0.15, 0.2) is 0 Å². The monoisotopic (exact) mass is 296 g/mol. The summed E-state index contributed by atoms with van der Waals surface area (Å²) in [6.07, 6.45) is 0. The van der Waals surface area contributed by atoms with Gasteiger partial charge in [0.2, 0.25) is 0 Å². The van der Waals surface area contributed by atoms with Gasteiger partial charge in [0, 0.05) is 41.5 Å². The van der Waals surface area contributed by atoms with Gasteiger partial charge in [-0.1, -0.05) is 20.8 Å². The molecule has 0 aliphatic carbocycles. The van der Waals surface area contributed by atoms with Crippen molar-refractivity contribution in [3.05, 3.63) is 24.3 Å². The maximum Gasteiger partial charge on any atom is 0.0606 e. The molecule has 0 fully saturated rings. The molecule has 0 bridgehead atoms. The van der Waals surface area contributed by atoms with Crippen LogP contribution in [0.15, 0.2) is 24.3 Å². The fraction of sp³-hybridized carbons (Fsp3) is 0.625. The molecule has 0 heterocycles. The Morgan fingerprint density at radius 3 is 2.35 bits per heavy atom. The largest absolute Gasteiger partial charge is 0.395 e. The Balaban J connectivity index is 2.48. The van der Waals surface area contributed by atoms with Crippen LogP contribution in [0.5, 0.6) is 0 Å². The SMILES string of the molecule is CC(CSC(C)(C)C)Nc1ccc(N(C)CCO)cc1. The molecule has 0 spiro atoms. The fourth-order valence-corrected chi connectivity index (χ4v) is 2.63. The number of thioether (sulfide) groups is 1. The van der Waals surface area contributed by atoms with Crippen LogP contribution in [0, 0.1) is 0 Å². The molecule has 0 saturated carbocycles. The average Bonchev–Trinajstić information content (AvgIpc) is 2.37. The van der Waals surface area contributed by atoms with E-state index in [1.54, 1.807) is 0 Å². The van der Waals surface area contributed by atoms with E-state index in [-0.39, 0.29) is 6.61 Å². The number of likely N-dealkylation sites (N-methyl/N-ethyl adjacent to an activating group) is 1. The van der Waals surface area contributed by atoms with Crippen molar-refractivity contribution in [1.29, 1.82) is 0 Å². The summed E-state index contributed by atoms with van der Waals surface area (Å²) in [5.41, 5.74) is 2.27. The Morgan fingerprint density at radius 1 is 1.25 bits per heavy atom. The van der Waals surface area contributed by atoms with Crippen LogP contribution in [-0.2, 0) is 0 Å². The standard InChI is InChI=1S/C16H28N2OS/c1-13(12-20-16(2,3)4)17-14-6-8-15(9-7-14)18(5)10-11-19/h6-9,13,17,19H,10-12H2,1-5H3. The van der Waals surface area contributed by atoms with Crippen LogP contribution in [0.2, 0.25) is 0 Å². The lowest BCUT2D eigenvalue weighted by Crippen LogP contribution is -2.22. The van der Waals surface area contributed by atoms with Gasteiger partial charge in [0.25, 0.3) is 0 Å². The molecule has 0 amide bonds. The first kappa shape index (κ1) is 17.2. The Kier molecular flexibility index (Phi) is 6.69. The van der Waals surface area contributed by atoms with Gasteiger partial charge in [-0.05, 0) is 31.2 Å². The molecular formula is C16H28N2OS. The number of aliphatic hydroxyl groups excluding tert-OH is 1. The lowest BCUT2D eigenvalue weighted by molar-refractivity contribution is 0.304. The Hall–Kier alpha value is -0.870. The molecule has 1 unspecified atom stereocenters. The molecule has 114 valence electrons. The zero-order chi connectivity index (χ0) is 15.2. The highest BCUT2D eigenvalue weighted by Crippen LogP contribution is 2.25. The number of hydrogen-bond acceptors (Lipinski definition) is 4. The minimum atomic E-state index is 0.178. The van der Waals surface area contributed by atoms with Crippen LogP contribution in [-0.4, -0.2) is 41.8 Å². The quantitative estimate of drug-likeness (QED) is 0.808. The van der Waals surface area contributed by atoms with Crippen molar-refractivity contribution in [2.75, 3.05) is 36.2 Å². The van der Waals surface area contributed by atoms with Crippen LogP contribution in [0.25, 0.3) is 0 Å². The zero-order valence-corrected chi connectivity index (χ0v) is 14.1. The first-order chi connectivity index (χ1) is 9.31. The highest BCUT2D eigenvalue weighted by atomic mass is 32.2. The zero-order valence-electron chi connectivity index (χ0n) is 13.3. The number of hydrogen-bond donors (Lipinski definition) is 2. The summed E-state index contributed by atoms with van der Waals surface area (Å²) in [6, 6.07) is 8.81. The molecular weight excluding hydrogens is 268 g/mol. The van der Waals surface area contributed by atoms with Crippen molar-refractivity contribution in [1.82, 2.24) is 0 Å². The Bertz CT molecular complexity index is 386. The number of anilines is 2. The number of nitrogens with one attached hydrogen (secondary N) is 1. The fourth-order valence-electron chi connectivity index (χ4n) is 1.79. The highest BCUT2D eigenvalue weighted by Gasteiger charge is 2.12. The van der Waals surface area contributed by atoms with E-state index in [1.807, 2.05) is 23.7 Å². The molecule has 0 saturated heterocycles. The van der Waals surface area contributed by atoms with Crippen LogP contribution in [0.1, 0.15) is 27.7 Å². The van der Waals surface area contributed by atoms with Gasteiger partial charge in [0.1, 0.15) is 0 Å². The summed E-state index contributed by atoms with van der Waals surface area (Å²) >= 11 is 1.98. The number of rotatable bonds is 7. The van der Waals surface area contributed by atoms with E-state index in [2.05, 4.69) is 57.3 Å². The number of aliphatic hydroxyl groups is 1. The molecule has 0 aliphatic heterocycles. The number of nitrogens with zero attached hydrogens (tertiary/aromatic N) is 1. The van der Waals surface area contributed by atoms with E-state index in [1.165, 1.54) is 0 Å². The van der Waals surface area contributed by atoms with Gasteiger partial charge < -0.3 is 15.3 Å². The molecule has 0 radical (unpaired) electrons. The third kappa shape index (κ3) is 6.53. The van der Waals surface area contributed by atoms with Crippen molar-refractivity contribution >= 4 is 23.1 Å². The Labute approximate surface area is 127 Å². The molecule has 1 aromatic rings. The second-order valence-electron chi connectivity index (χ2n) is 6.16. The minimum Gasteiger partial charge on any atom is -0.395 e. The van der Waals surface area contributed by atoms with Crippen LogP contribution in [0.4, 0.5) is 11.4 Å². The summed E-state index contributed by atoms with van der Waals surface area (Å²) in [5, 5.41) is 12.5. The van der Waals surface area contributed by atoms with Crippen molar-refractivity contribution in [3.8, 4) is 0 Å². The highest BCUT2D eigenvalue weighted by molar-refractivity contribution is 8.00. The lowest BCUT2D eigenvalue weighted by atomic mass is 10.2. The van der Waals surface area contributed by atoms with Crippen molar-refractivity contribution < 1.29 is 5.11 Å². The first-order valence-corrected chi connectivity index (χ1v) is 8.13. The van der Waals surface area contributed by atoms with E-state index >= 15 is 0 Å². The van der Waals surface area contributed by atoms with Crippen LogP contribution >= 0.6 is 11.8 Å². The van der Waals surface area contributed by atoms with Gasteiger partial charge in [-0.15, -0.1) is 0 Å². The maximum atomic E-state index is 8.94.